The zero-order valence-electron chi connectivity index (χ0n) is 18.5. The van der Waals surface area contributed by atoms with E-state index in [1.807, 2.05) is 6.07 Å². The number of fused-ring (bicyclic) bond motifs is 1. The molecule has 0 aliphatic carbocycles. The number of ether oxygens (including phenoxy) is 4. The van der Waals surface area contributed by atoms with Gasteiger partial charge in [-0.25, -0.2) is 15.0 Å². The van der Waals surface area contributed by atoms with Crippen LogP contribution in [-0.4, -0.2) is 87.6 Å². The molecular formula is C21H27N5O7. The second-order valence-corrected chi connectivity index (χ2v) is 7.47. The van der Waals surface area contributed by atoms with Gasteiger partial charge >= 0.3 is 0 Å². The van der Waals surface area contributed by atoms with Gasteiger partial charge in [0, 0.05) is 12.6 Å². The molecule has 4 atom stereocenters. The van der Waals surface area contributed by atoms with E-state index in [2.05, 4.69) is 20.3 Å². The third-order valence-corrected chi connectivity index (χ3v) is 5.62. The number of aliphatic hydroxyl groups is 3. The van der Waals surface area contributed by atoms with Crippen LogP contribution in [0.5, 0.6) is 17.2 Å². The smallest absolute Gasteiger partial charge is 0.167 e. The lowest BCUT2D eigenvalue weighted by Gasteiger charge is -2.16. The Hall–Kier alpha value is -3.19. The minimum atomic E-state index is -1.23. The first-order valence-electron chi connectivity index (χ1n) is 10.3. The molecule has 0 bridgehead atoms. The first-order valence-corrected chi connectivity index (χ1v) is 10.3. The first kappa shape index (κ1) is 23.0. The standard InChI is InChI=1S/C21H27N5O7/c1-30-12-7-14(32-3)13(31-2)6-11(12)4-5-22-19-16-20(24-9-23-19)26(10-25-16)21-18(29)17(28)15(8-27)33-21/h6-7,9-10,15,17-18,21,27-29H,4-5,8H2,1-3H3,(H,22,23,24)/t15-,17-,18-,21?/m1/s1. The Kier molecular flexibility index (Phi) is 6.79. The number of hydrogen-bond acceptors (Lipinski definition) is 11. The summed E-state index contributed by atoms with van der Waals surface area (Å²) < 4.78 is 23.3. The average Bonchev–Trinajstić information content (AvgIpc) is 3.39. The van der Waals surface area contributed by atoms with Crippen molar-refractivity contribution in [2.75, 3.05) is 39.8 Å². The van der Waals surface area contributed by atoms with Crippen LogP contribution in [-0.2, 0) is 11.2 Å². The third kappa shape index (κ3) is 4.25. The van der Waals surface area contributed by atoms with Crippen molar-refractivity contribution in [1.29, 1.82) is 0 Å². The summed E-state index contributed by atoms with van der Waals surface area (Å²) in [6.45, 7) is 0.0986. The molecule has 1 unspecified atom stereocenters. The molecule has 0 spiro atoms. The van der Waals surface area contributed by atoms with Gasteiger partial charge in [0.15, 0.2) is 34.7 Å². The molecule has 3 aromatic rings. The molecule has 1 fully saturated rings. The van der Waals surface area contributed by atoms with Crippen LogP contribution < -0.4 is 19.5 Å². The van der Waals surface area contributed by atoms with Crippen LogP contribution in [0.3, 0.4) is 0 Å². The van der Waals surface area contributed by atoms with Crippen molar-refractivity contribution in [3.05, 3.63) is 30.4 Å². The Bertz CT molecular complexity index is 1110. The maximum Gasteiger partial charge on any atom is 0.167 e. The summed E-state index contributed by atoms with van der Waals surface area (Å²) in [6.07, 6.45) is -0.829. The molecule has 12 nitrogen and oxygen atoms in total. The SMILES string of the molecule is COc1cc(OC)c(OC)cc1CCNc1ncnc2c1ncn2C1O[C@H](CO)[C@@H](O)[C@H]1O. The Morgan fingerprint density at radius 2 is 1.73 bits per heavy atom. The topological polar surface area (TPSA) is 153 Å². The number of imidazole rings is 1. The molecule has 3 heterocycles. The Labute approximate surface area is 189 Å². The summed E-state index contributed by atoms with van der Waals surface area (Å²) in [6, 6.07) is 3.64. The maximum atomic E-state index is 10.3. The molecule has 4 N–H and O–H groups in total. The lowest BCUT2D eigenvalue weighted by atomic mass is 10.1. The number of aromatic nitrogens is 4. The summed E-state index contributed by atoms with van der Waals surface area (Å²) in [7, 11) is 4.74. The zero-order valence-corrected chi connectivity index (χ0v) is 18.5. The average molecular weight is 461 g/mol. The largest absolute Gasteiger partial charge is 0.496 e. The third-order valence-electron chi connectivity index (χ3n) is 5.62. The molecule has 1 aromatic carbocycles. The van der Waals surface area contributed by atoms with Gasteiger partial charge in [-0.05, 0) is 18.1 Å². The molecule has 1 aliphatic rings. The van der Waals surface area contributed by atoms with Gasteiger partial charge in [0.25, 0.3) is 0 Å². The van der Waals surface area contributed by atoms with Gasteiger partial charge in [-0.15, -0.1) is 0 Å². The molecule has 1 saturated heterocycles. The Balaban J connectivity index is 1.52. The van der Waals surface area contributed by atoms with E-state index in [-0.39, 0.29) is 0 Å². The van der Waals surface area contributed by atoms with Crippen molar-refractivity contribution >= 4 is 17.0 Å². The van der Waals surface area contributed by atoms with Crippen molar-refractivity contribution < 1.29 is 34.3 Å². The van der Waals surface area contributed by atoms with E-state index in [1.54, 1.807) is 27.4 Å². The minimum Gasteiger partial charge on any atom is -0.496 e. The summed E-state index contributed by atoms with van der Waals surface area (Å²) in [5.41, 5.74) is 1.82. The molecule has 0 radical (unpaired) electrons. The number of methoxy groups -OCH3 is 3. The molecule has 12 heteroatoms. The van der Waals surface area contributed by atoms with E-state index < -0.39 is 31.1 Å². The van der Waals surface area contributed by atoms with Gasteiger partial charge in [0.05, 0.1) is 34.3 Å². The number of rotatable bonds is 9. The molecule has 4 rings (SSSR count). The van der Waals surface area contributed by atoms with Crippen LogP contribution >= 0.6 is 0 Å². The van der Waals surface area contributed by atoms with Crippen LogP contribution in [0, 0.1) is 0 Å². The molecule has 178 valence electrons. The van der Waals surface area contributed by atoms with Gasteiger partial charge in [-0.1, -0.05) is 0 Å². The fourth-order valence-electron chi connectivity index (χ4n) is 3.88. The van der Waals surface area contributed by atoms with E-state index in [0.29, 0.717) is 47.2 Å². The predicted molar refractivity (Wildman–Crippen MR) is 117 cm³/mol. The number of nitrogens with one attached hydrogen (secondary N) is 1. The van der Waals surface area contributed by atoms with E-state index in [0.717, 1.165) is 5.56 Å². The van der Waals surface area contributed by atoms with Gasteiger partial charge < -0.3 is 39.6 Å². The summed E-state index contributed by atoms with van der Waals surface area (Å²) >= 11 is 0. The van der Waals surface area contributed by atoms with Crippen molar-refractivity contribution in [3.63, 3.8) is 0 Å². The van der Waals surface area contributed by atoms with Gasteiger partial charge in [-0.2, -0.15) is 0 Å². The fourth-order valence-corrected chi connectivity index (χ4v) is 3.88. The normalized spacial score (nSPS) is 22.5. The monoisotopic (exact) mass is 461 g/mol. The zero-order chi connectivity index (χ0) is 23.5. The Morgan fingerprint density at radius 1 is 1.00 bits per heavy atom. The fraction of sp³-hybridized carbons (Fsp3) is 0.476. The van der Waals surface area contributed by atoms with Crippen molar-refractivity contribution in [2.45, 2.75) is 31.0 Å². The van der Waals surface area contributed by atoms with E-state index in [9.17, 15) is 15.3 Å². The van der Waals surface area contributed by atoms with Gasteiger partial charge in [0.2, 0.25) is 0 Å². The van der Waals surface area contributed by atoms with E-state index >= 15 is 0 Å². The highest BCUT2D eigenvalue weighted by atomic mass is 16.6. The van der Waals surface area contributed by atoms with Crippen molar-refractivity contribution in [2.24, 2.45) is 0 Å². The number of nitrogens with zero attached hydrogens (tertiary/aromatic N) is 4. The molecule has 2 aromatic heterocycles. The first-order chi connectivity index (χ1) is 16.0. The number of benzene rings is 1. The second-order valence-electron chi connectivity index (χ2n) is 7.47. The lowest BCUT2D eigenvalue weighted by Crippen LogP contribution is -2.33. The van der Waals surface area contributed by atoms with Crippen LogP contribution in [0.25, 0.3) is 11.2 Å². The number of aliphatic hydroxyl groups excluding tert-OH is 3. The van der Waals surface area contributed by atoms with Crippen LogP contribution in [0.1, 0.15) is 11.8 Å². The Morgan fingerprint density at radius 3 is 2.39 bits per heavy atom. The van der Waals surface area contributed by atoms with Crippen molar-refractivity contribution in [3.8, 4) is 17.2 Å². The van der Waals surface area contributed by atoms with E-state index in [1.165, 1.54) is 17.2 Å². The highest BCUT2D eigenvalue weighted by Gasteiger charge is 2.44. The molecule has 33 heavy (non-hydrogen) atoms. The second kappa shape index (κ2) is 9.75. The molecule has 0 saturated carbocycles. The highest BCUT2D eigenvalue weighted by molar-refractivity contribution is 5.82. The summed E-state index contributed by atoms with van der Waals surface area (Å²) in [4.78, 5) is 12.9. The van der Waals surface area contributed by atoms with Crippen LogP contribution in [0.2, 0.25) is 0 Å². The quantitative estimate of drug-likeness (QED) is 0.344. The van der Waals surface area contributed by atoms with Crippen LogP contribution in [0.15, 0.2) is 24.8 Å². The number of anilines is 1. The molecular weight excluding hydrogens is 434 g/mol. The number of hydrogen-bond donors (Lipinski definition) is 4. The summed E-state index contributed by atoms with van der Waals surface area (Å²) in [5, 5.41) is 33.0. The molecule has 0 amide bonds. The molecule has 1 aliphatic heterocycles. The maximum absolute atomic E-state index is 10.3. The highest BCUT2D eigenvalue weighted by Crippen LogP contribution is 2.35. The van der Waals surface area contributed by atoms with Crippen molar-refractivity contribution in [1.82, 2.24) is 19.5 Å². The predicted octanol–water partition coefficient (Wildman–Crippen LogP) is 0.118. The van der Waals surface area contributed by atoms with E-state index in [4.69, 9.17) is 18.9 Å². The summed E-state index contributed by atoms with van der Waals surface area (Å²) in [5.74, 6) is 2.37. The lowest BCUT2D eigenvalue weighted by molar-refractivity contribution is -0.0511. The van der Waals surface area contributed by atoms with Gasteiger partial charge in [0.1, 0.15) is 30.4 Å². The minimum absolute atomic E-state index is 0.414. The van der Waals surface area contributed by atoms with Gasteiger partial charge in [-0.3, -0.25) is 4.57 Å². The van der Waals surface area contributed by atoms with Crippen LogP contribution in [0.4, 0.5) is 5.82 Å².